The normalized spacial score (nSPS) is 12.9. The van der Waals surface area contributed by atoms with Crippen LogP contribution in [0, 0.1) is 0 Å². The van der Waals surface area contributed by atoms with Gasteiger partial charge in [-0.1, -0.05) is 25.8 Å². The molecule has 0 unspecified atom stereocenters. The lowest BCUT2D eigenvalue weighted by Crippen LogP contribution is -2.22. The highest BCUT2D eigenvalue weighted by Crippen LogP contribution is 2.32. The molecule has 1 aromatic carbocycles. The Hall–Kier alpha value is -2.39. The number of unbranched alkanes of at least 4 members (excludes halogenated alkanes) is 1. The Kier molecular flexibility index (Phi) is 9.82. The number of nitrogens with one attached hydrogen (secondary N) is 1. The van der Waals surface area contributed by atoms with Gasteiger partial charge in [-0.15, -0.1) is 0 Å². The summed E-state index contributed by atoms with van der Waals surface area (Å²) in [5.41, 5.74) is 6.94. The van der Waals surface area contributed by atoms with E-state index in [0.717, 1.165) is 43.6 Å². The number of nitrogens with two attached hydrogens (primary N) is 1. The summed E-state index contributed by atoms with van der Waals surface area (Å²) in [7, 11) is 0. The fourth-order valence-electron chi connectivity index (χ4n) is 3.24. The summed E-state index contributed by atoms with van der Waals surface area (Å²) in [6, 6.07) is 6.10. The van der Waals surface area contributed by atoms with Gasteiger partial charge in [0.1, 0.15) is 0 Å². The van der Waals surface area contributed by atoms with Gasteiger partial charge in [-0.05, 0) is 43.4 Å². The Balaban J connectivity index is 0.00000320. The van der Waals surface area contributed by atoms with E-state index in [9.17, 15) is 5.11 Å². The highest BCUT2D eigenvalue weighted by Gasteiger charge is 2.15. The van der Waals surface area contributed by atoms with Crippen molar-refractivity contribution < 1.29 is 19.3 Å². The van der Waals surface area contributed by atoms with Crippen molar-refractivity contribution in [3.63, 3.8) is 0 Å². The molecule has 0 saturated carbocycles. The van der Waals surface area contributed by atoms with Gasteiger partial charge in [0, 0.05) is 12.6 Å². The maximum atomic E-state index is 9.33. The lowest BCUT2D eigenvalue weighted by molar-refractivity contribution is 0.174. The van der Waals surface area contributed by atoms with Crippen molar-refractivity contribution in [2.45, 2.75) is 51.5 Å². The molecule has 9 heteroatoms. The monoisotopic (exact) mass is 436 g/mol. The highest BCUT2D eigenvalue weighted by molar-refractivity contribution is 7.59. The Morgan fingerprint density at radius 1 is 1.23 bits per heavy atom. The van der Waals surface area contributed by atoms with Gasteiger partial charge in [-0.2, -0.15) is 18.5 Å². The van der Waals surface area contributed by atoms with E-state index in [2.05, 4.69) is 22.2 Å². The van der Waals surface area contributed by atoms with E-state index < -0.39 is 0 Å². The number of benzene rings is 1. The molecule has 2 heterocycles. The van der Waals surface area contributed by atoms with Crippen LogP contribution in [0.15, 0.2) is 24.4 Å². The second-order valence-electron chi connectivity index (χ2n) is 7.08. The quantitative estimate of drug-likeness (QED) is 0.435. The second kappa shape index (κ2) is 12.3. The van der Waals surface area contributed by atoms with E-state index in [0.29, 0.717) is 24.6 Å². The zero-order chi connectivity index (χ0) is 20.5. The van der Waals surface area contributed by atoms with Gasteiger partial charge >= 0.3 is 0 Å². The molecule has 4 N–H and O–H groups in total. The minimum absolute atomic E-state index is 0. The van der Waals surface area contributed by atoms with Crippen molar-refractivity contribution in [2.24, 2.45) is 0 Å². The number of rotatable bonds is 12. The number of aromatic nitrogens is 2. The standard InChI is InChI=1S/C21H30N4O4.H2S/c1-2-3-6-16(9-10-26)24-20-19(13-23-21(22)25-20)27-11-4-5-15-7-8-17-18(12-15)29-14-28-17;/h7-8,12-13,16,26H,2-6,9-11,14H2,1H3,(H3,22,23,24,25);1H2/t16-;/m0./s1. The fraction of sp³-hybridized carbons (Fsp3) is 0.524. The zero-order valence-corrected chi connectivity index (χ0v) is 18.4. The van der Waals surface area contributed by atoms with Crippen molar-refractivity contribution in [2.75, 3.05) is 31.1 Å². The van der Waals surface area contributed by atoms with Crippen molar-refractivity contribution in [3.05, 3.63) is 30.0 Å². The number of anilines is 2. The summed E-state index contributed by atoms with van der Waals surface area (Å²) in [4.78, 5) is 8.35. The summed E-state index contributed by atoms with van der Waals surface area (Å²) in [6.07, 6.45) is 7.06. The van der Waals surface area contributed by atoms with Gasteiger partial charge in [-0.25, -0.2) is 4.98 Å². The van der Waals surface area contributed by atoms with Crippen LogP contribution >= 0.6 is 13.5 Å². The van der Waals surface area contributed by atoms with Crippen LogP contribution in [0.5, 0.6) is 17.2 Å². The summed E-state index contributed by atoms with van der Waals surface area (Å²) in [6.45, 7) is 3.07. The van der Waals surface area contributed by atoms with Crippen LogP contribution in [0.2, 0.25) is 0 Å². The number of hydrogen-bond donors (Lipinski definition) is 3. The molecule has 1 aliphatic heterocycles. The van der Waals surface area contributed by atoms with E-state index in [4.69, 9.17) is 19.9 Å². The molecule has 0 bridgehead atoms. The van der Waals surface area contributed by atoms with Crippen LogP contribution < -0.4 is 25.3 Å². The Morgan fingerprint density at radius 3 is 2.87 bits per heavy atom. The number of aryl methyl sites for hydroxylation is 1. The van der Waals surface area contributed by atoms with E-state index in [-0.39, 0.29) is 38.9 Å². The molecule has 30 heavy (non-hydrogen) atoms. The number of hydrogen-bond acceptors (Lipinski definition) is 8. The SMILES string of the molecule is CCCC[C@@H](CCO)Nc1nc(N)ncc1OCCCc1ccc2c(c1)OCO2.S. The van der Waals surface area contributed by atoms with Gasteiger partial charge in [0.2, 0.25) is 12.7 Å². The predicted octanol–water partition coefficient (Wildman–Crippen LogP) is 3.27. The van der Waals surface area contributed by atoms with Crippen molar-refractivity contribution >= 4 is 25.3 Å². The van der Waals surface area contributed by atoms with Crippen LogP contribution in [0.1, 0.15) is 44.6 Å². The molecule has 0 spiro atoms. The Morgan fingerprint density at radius 2 is 2.07 bits per heavy atom. The molecule has 0 saturated heterocycles. The van der Waals surface area contributed by atoms with Gasteiger partial charge in [0.25, 0.3) is 0 Å². The lowest BCUT2D eigenvalue weighted by atomic mass is 10.1. The topological polar surface area (TPSA) is 112 Å². The second-order valence-corrected chi connectivity index (χ2v) is 7.08. The molecule has 8 nitrogen and oxygen atoms in total. The largest absolute Gasteiger partial charge is 0.488 e. The summed E-state index contributed by atoms with van der Waals surface area (Å²) >= 11 is 0. The van der Waals surface area contributed by atoms with Gasteiger partial charge in [0.05, 0.1) is 12.8 Å². The molecule has 166 valence electrons. The van der Waals surface area contributed by atoms with Crippen LogP contribution in [0.4, 0.5) is 11.8 Å². The molecule has 2 aromatic rings. The molecule has 3 rings (SSSR count). The van der Waals surface area contributed by atoms with Crippen LogP contribution in [-0.4, -0.2) is 41.1 Å². The first-order valence-electron chi connectivity index (χ1n) is 10.2. The highest BCUT2D eigenvalue weighted by atomic mass is 32.1. The van der Waals surface area contributed by atoms with Gasteiger partial charge in [-0.3, -0.25) is 0 Å². The van der Waals surface area contributed by atoms with Gasteiger partial charge in [0.15, 0.2) is 23.1 Å². The maximum Gasteiger partial charge on any atom is 0.231 e. The summed E-state index contributed by atoms with van der Waals surface area (Å²) in [5.74, 6) is 2.93. The number of fused-ring (bicyclic) bond motifs is 1. The molecule has 0 amide bonds. The molecular formula is C21H32N4O4S. The van der Waals surface area contributed by atoms with E-state index >= 15 is 0 Å². The molecule has 0 aliphatic carbocycles. The average Bonchev–Trinajstić information content (AvgIpc) is 3.19. The number of aliphatic hydroxyl groups is 1. The summed E-state index contributed by atoms with van der Waals surface area (Å²) in [5, 5.41) is 12.7. The fourth-order valence-corrected chi connectivity index (χ4v) is 3.24. The molecule has 0 fully saturated rings. The van der Waals surface area contributed by atoms with E-state index in [1.54, 1.807) is 6.20 Å². The molecule has 1 aromatic heterocycles. The molecular weight excluding hydrogens is 404 g/mol. The Bertz CT molecular complexity index is 794. The zero-order valence-electron chi connectivity index (χ0n) is 17.4. The third-order valence-electron chi connectivity index (χ3n) is 4.80. The minimum atomic E-state index is 0. The first-order chi connectivity index (χ1) is 14.2. The van der Waals surface area contributed by atoms with Crippen molar-refractivity contribution in [1.82, 2.24) is 9.97 Å². The molecule has 1 atom stereocenters. The lowest BCUT2D eigenvalue weighted by Gasteiger charge is -2.20. The molecule has 0 radical (unpaired) electrons. The Labute approximate surface area is 184 Å². The maximum absolute atomic E-state index is 9.33. The summed E-state index contributed by atoms with van der Waals surface area (Å²) < 4.78 is 16.7. The minimum Gasteiger partial charge on any atom is -0.488 e. The molecule has 1 aliphatic rings. The van der Waals surface area contributed by atoms with Gasteiger partial charge < -0.3 is 30.4 Å². The first kappa shape index (κ1) is 23.9. The average molecular weight is 437 g/mol. The van der Waals surface area contributed by atoms with Crippen LogP contribution in [-0.2, 0) is 6.42 Å². The van der Waals surface area contributed by atoms with E-state index in [1.165, 1.54) is 5.56 Å². The first-order valence-corrected chi connectivity index (χ1v) is 10.2. The van der Waals surface area contributed by atoms with Crippen LogP contribution in [0.25, 0.3) is 0 Å². The number of ether oxygens (including phenoxy) is 3. The van der Waals surface area contributed by atoms with E-state index in [1.807, 2.05) is 18.2 Å². The number of aliphatic hydroxyl groups excluding tert-OH is 1. The smallest absolute Gasteiger partial charge is 0.231 e. The van der Waals surface area contributed by atoms with Crippen molar-refractivity contribution in [1.29, 1.82) is 0 Å². The number of nitrogen functional groups attached to an aromatic ring is 1. The van der Waals surface area contributed by atoms with Crippen molar-refractivity contribution in [3.8, 4) is 17.2 Å². The predicted molar refractivity (Wildman–Crippen MR) is 122 cm³/mol. The van der Waals surface area contributed by atoms with Crippen LogP contribution in [0.3, 0.4) is 0 Å². The third-order valence-corrected chi connectivity index (χ3v) is 4.80. The number of nitrogens with zero attached hydrogens (tertiary/aromatic N) is 2. The third kappa shape index (κ3) is 6.84.